The Labute approximate surface area is 124 Å². The van der Waals surface area contributed by atoms with Crippen LogP contribution >= 0.6 is 0 Å². The number of rotatable bonds is 7. The highest BCUT2D eigenvalue weighted by atomic mass is 16.4. The van der Waals surface area contributed by atoms with Crippen molar-refractivity contribution in [3.8, 4) is 0 Å². The summed E-state index contributed by atoms with van der Waals surface area (Å²) < 4.78 is 5.46. The minimum Gasteiger partial charge on any atom is -0.444 e. The summed E-state index contributed by atoms with van der Waals surface area (Å²) in [5, 5.41) is 6.60. The van der Waals surface area contributed by atoms with Gasteiger partial charge in [0.1, 0.15) is 23.2 Å². The normalized spacial score (nSPS) is 14.2. The Bertz CT molecular complexity index is 606. The zero-order valence-corrected chi connectivity index (χ0v) is 12.5. The third-order valence-electron chi connectivity index (χ3n) is 3.33. The highest BCUT2D eigenvalue weighted by Crippen LogP contribution is 2.38. The van der Waals surface area contributed by atoms with Gasteiger partial charge in [0.2, 0.25) is 5.89 Å². The number of anilines is 2. The van der Waals surface area contributed by atoms with Crippen LogP contribution in [0.1, 0.15) is 49.6 Å². The molecule has 0 atom stereocenters. The maximum absolute atomic E-state index is 5.46. The molecule has 0 radical (unpaired) electrons. The minimum absolute atomic E-state index is 0.526. The molecule has 2 aromatic heterocycles. The zero-order valence-electron chi connectivity index (χ0n) is 12.5. The molecule has 0 unspecified atom stereocenters. The van der Waals surface area contributed by atoms with E-state index in [9.17, 15) is 0 Å². The summed E-state index contributed by atoms with van der Waals surface area (Å²) in [4.78, 5) is 13.4. The van der Waals surface area contributed by atoms with Crippen LogP contribution in [0.5, 0.6) is 0 Å². The van der Waals surface area contributed by atoms with Crippen LogP contribution in [-0.2, 0) is 6.54 Å². The van der Waals surface area contributed by atoms with Crippen LogP contribution in [0.4, 0.5) is 11.6 Å². The van der Waals surface area contributed by atoms with Gasteiger partial charge in [-0.3, -0.25) is 0 Å². The predicted octanol–water partition coefficient (Wildman–Crippen LogP) is 3.08. The van der Waals surface area contributed by atoms with E-state index in [2.05, 4.69) is 32.5 Å². The molecule has 0 aliphatic heterocycles. The van der Waals surface area contributed by atoms with Gasteiger partial charge >= 0.3 is 0 Å². The number of aryl methyl sites for hydroxylation is 1. The van der Waals surface area contributed by atoms with Crippen molar-refractivity contribution in [2.75, 3.05) is 17.2 Å². The average molecular weight is 287 g/mol. The number of hydrogen-bond acceptors (Lipinski definition) is 6. The second-order valence-corrected chi connectivity index (χ2v) is 5.42. The molecule has 0 aromatic carbocycles. The van der Waals surface area contributed by atoms with Crippen molar-refractivity contribution >= 4 is 11.6 Å². The first-order chi connectivity index (χ1) is 10.2. The molecule has 0 saturated heterocycles. The van der Waals surface area contributed by atoms with Crippen LogP contribution in [0.15, 0.2) is 16.7 Å². The van der Waals surface area contributed by atoms with E-state index in [0.29, 0.717) is 18.4 Å². The lowest BCUT2D eigenvalue weighted by Crippen LogP contribution is -2.08. The molecule has 2 N–H and O–H groups in total. The molecule has 1 saturated carbocycles. The molecule has 112 valence electrons. The fourth-order valence-corrected chi connectivity index (χ4v) is 2.07. The van der Waals surface area contributed by atoms with Gasteiger partial charge in [0.25, 0.3) is 0 Å². The number of nitrogens with one attached hydrogen (secondary N) is 2. The van der Waals surface area contributed by atoms with Crippen LogP contribution in [-0.4, -0.2) is 21.5 Å². The Hall–Kier alpha value is -2.11. The number of nitrogens with zero attached hydrogens (tertiary/aromatic N) is 3. The topological polar surface area (TPSA) is 75.9 Å². The lowest BCUT2D eigenvalue weighted by atomic mass is 10.3. The molecule has 0 amide bonds. The van der Waals surface area contributed by atoms with E-state index in [0.717, 1.165) is 36.2 Å². The van der Waals surface area contributed by atoms with E-state index in [-0.39, 0.29) is 0 Å². The summed E-state index contributed by atoms with van der Waals surface area (Å²) in [5.74, 6) is 4.65. The highest BCUT2D eigenvalue weighted by Gasteiger charge is 2.27. The lowest BCUT2D eigenvalue weighted by molar-refractivity contribution is 0.478. The molecular weight excluding hydrogens is 266 g/mol. The average Bonchev–Trinajstić information content (AvgIpc) is 3.26. The van der Waals surface area contributed by atoms with Gasteiger partial charge in [0.15, 0.2) is 0 Å². The first kappa shape index (κ1) is 13.9. The summed E-state index contributed by atoms with van der Waals surface area (Å²) >= 11 is 0. The van der Waals surface area contributed by atoms with E-state index in [1.54, 1.807) is 6.20 Å². The maximum atomic E-state index is 5.46. The molecule has 21 heavy (non-hydrogen) atoms. The first-order valence-corrected chi connectivity index (χ1v) is 7.52. The van der Waals surface area contributed by atoms with Crippen LogP contribution in [0.3, 0.4) is 0 Å². The lowest BCUT2D eigenvalue weighted by Gasteiger charge is -2.10. The quantitative estimate of drug-likeness (QED) is 0.815. The van der Waals surface area contributed by atoms with Crippen molar-refractivity contribution in [2.24, 2.45) is 0 Å². The molecule has 6 nitrogen and oxygen atoms in total. The molecule has 6 heteroatoms. The maximum Gasteiger partial charge on any atom is 0.213 e. The van der Waals surface area contributed by atoms with Gasteiger partial charge in [-0.1, -0.05) is 6.92 Å². The summed E-state index contributed by atoms with van der Waals surface area (Å²) in [7, 11) is 0. The molecular formula is C15H21N5O. The molecule has 0 spiro atoms. The molecule has 0 bridgehead atoms. The Morgan fingerprint density at radius 3 is 2.62 bits per heavy atom. The molecule has 1 aliphatic carbocycles. The van der Waals surface area contributed by atoms with E-state index in [1.165, 1.54) is 12.8 Å². The second-order valence-electron chi connectivity index (χ2n) is 5.42. The van der Waals surface area contributed by atoms with Gasteiger partial charge in [0, 0.05) is 18.5 Å². The first-order valence-electron chi connectivity index (χ1n) is 7.52. The van der Waals surface area contributed by atoms with Gasteiger partial charge in [-0.15, -0.1) is 0 Å². The minimum atomic E-state index is 0.526. The van der Waals surface area contributed by atoms with E-state index in [4.69, 9.17) is 4.42 Å². The Kier molecular flexibility index (Phi) is 4.03. The van der Waals surface area contributed by atoms with Crippen LogP contribution < -0.4 is 10.6 Å². The molecule has 2 aromatic rings. The van der Waals surface area contributed by atoms with Crippen LogP contribution in [0.25, 0.3) is 0 Å². The number of hydrogen-bond donors (Lipinski definition) is 2. The summed E-state index contributed by atoms with van der Waals surface area (Å²) in [5.41, 5.74) is 0. The zero-order chi connectivity index (χ0) is 14.7. The van der Waals surface area contributed by atoms with Gasteiger partial charge in [-0.05, 0) is 26.2 Å². The van der Waals surface area contributed by atoms with E-state index < -0.39 is 0 Å². The summed E-state index contributed by atoms with van der Waals surface area (Å²) in [6.07, 6.45) is 5.17. The predicted molar refractivity (Wildman–Crippen MR) is 81.4 cm³/mol. The van der Waals surface area contributed by atoms with E-state index in [1.807, 2.05) is 13.0 Å². The summed E-state index contributed by atoms with van der Waals surface area (Å²) in [6, 6.07) is 1.94. The van der Waals surface area contributed by atoms with Crippen molar-refractivity contribution in [1.29, 1.82) is 0 Å². The van der Waals surface area contributed by atoms with Crippen molar-refractivity contribution in [3.63, 3.8) is 0 Å². The van der Waals surface area contributed by atoms with Gasteiger partial charge < -0.3 is 15.1 Å². The van der Waals surface area contributed by atoms with Gasteiger partial charge in [0.05, 0.1) is 12.7 Å². The molecule has 1 fully saturated rings. The van der Waals surface area contributed by atoms with Crippen LogP contribution in [0.2, 0.25) is 0 Å². The fourth-order valence-electron chi connectivity index (χ4n) is 2.07. The SMILES string of the molecule is CCCNc1cc(NCc2ncc(C)o2)nc(C2CC2)n1. The molecule has 2 heterocycles. The fraction of sp³-hybridized carbons (Fsp3) is 0.533. The van der Waals surface area contributed by atoms with Crippen molar-refractivity contribution < 1.29 is 4.42 Å². The number of oxazole rings is 1. The monoisotopic (exact) mass is 287 g/mol. The third-order valence-corrected chi connectivity index (χ3v) is 3.33. The van der Waals surface area contributed by atoms with Crippen molar-refractivity contribution in [1.82, 2.24) is 15.0 Å². The highest BCUT2D eigenvalue weighted by molar-refractivity contribution is 5.48. The van der Waals surface area contributed by atoms with Crippen molar-refractivity contribution in [3.05, 3.63) is 29.7 Å². The smallest absolute Gasteiger partial charge is 0.213 e. The van der Waals surface area contributed by atoms with Crippen molar-refractivity contribution in [2.45, 2.75) is 45.6 Å². The second kappa shape index (κ2) is 6.11. The van der Waals surface area contributed by atoms with Crippen LogP contribution in [0, 0.1) is 6.92 Å². The summed E-state index contributed by atoms with van der Waals surface area (Å²) in [6.45, 7) is 5.47. The van der Waals surface area contributed by atoms with E-state index >= 15 is 0 Å². The molecule has 1 aliphatic rings. The molecule has 3 rings (SSSR count). The Balaban J connectivity index is 1.71. The Morgan fingerprint density at radius 1 is 1.24 bits per heavy atom. The number of aromatic nitrogens is 3. The Morgan fingerprint density at radius 2 is 2.00 bits per heavy atom. The largest absolute Gasteiger partial charge is 0.444 e. The van der Waals surface area contributed by atoms with Gasteiger partial charge in [-0.2, -0.15) is 0 Å². The standard InChI is InChI=1S/C15H21N5O/c1-3-6-16-12-7-13(20-15(19-12)11-4-5-11)17-9-14-18-8-10(2)21-14/h7-8,11H,3-6,9H2,1-2H3,(H2,16,17,19,20). The van der Waals surface area contributed by atoms with Gasteiger partial charge in [-0.25, -0.2) is 15.0 Å². The third kappa shape index (κ3) is 3.71.